The molecular weight excluding hydrogens is 382 g/mol. The van der Waals surface area contributed by atoms with Gasteiger partial charge in [0.1, 0.15) is 12.3 Å². The molecule has 1 aromatic heterocycles. The van der Waals surface area contributed by atoms with Crippen molar-refractivity contribution in [2.75, 3.05) is 12.4 Å². The number of hydrogen-bond donors (Lipinski definition) is 1. The van der Waals surface area contributed by atoms with Crippen molar-refractivity contribution in [3.8, 4) is 11.4 Å². The quantitative estimate of drug-likeness (QED) is 0.668. The lowest BCUT2D eigenvalue weighted by atomic mass is 10.2. The van der Waals surface area contributed by atoms with Gasteiger partial charge < -0.3 is 10.1 Å². The number of methoxy groups -OCH3 is 1. The minimum Gasteiger partial charge on any atom is -0.495 e. The van der Waals surface area contributed by atoms with Crippen LogP contribution in [0.15, 0.2) is 64.4 Å². The van der Waals surface area contributed by atoms with E-state index in [2.05, 4.69) is 5.32 Å². The fourth-order valence-corrected chi connectivity index (χ4v) is 3.04. The van der Waals surface area contributed by atoms with Crippen molar-refractivity contribution in [1.29, 1.82) is 0 Å². The molecule has 8 heteroatoms. The molecule has 0 atom stereocenters. The SMILES string of the molecule is COc1ccccc1-n1ccn(CC(=O)Nc2c(C)cccc2Cl)c(=O)c1=O. The molecule has 3 rings (SSSR count). The summed E-state index contributed by atoms with van der Waals surface area (Å²) in [6.07, 6.45) is 2.81. The van der Waals surface area contributed by atoms with Crippen LogP contribution in [0.3, 0.4) is 0 Å². The Morgan fingerprint density at radius 3 is 2.54 bits per heavy atom. The van der Waals surface area contributed by atoms with Crippen LogP contribution in [0, 0.1) is 6.92 Å². The van der Waals surface area contributed by atoms with Crippen molar-refractivity contribution in [2.24, 2.45) is 0 Å². The van der Waals surface area contributed by atoms with Crippen molar-refractivity contribution < 1.29 is 9.53 Å². The second kappa shape index (κ2) is 8.14. The minimum absolute atomic E-state index is 0.314. The zero-order valence-corrected chi connectivity index (χ0v) is 16.1. The zero-order chi connectivity index (χ0) is 20.3. The molecule has 1 amide bonds. The normalized spacial score (nSPS) is 10.5. The predicted molar refractivity (Wildman–Crippen MR) is 108 cm³/mol. The molecule has 0 aliphatic heterocycles. The molecule has 0 fully saturated rings. The number of nitrogens with zero attached hydrogens (tertiary/aromatic N) is 2. The van der Waals surface area contributed by atoms with Crippen LogP contribution in [0.2, 0.25) is 5.02 Å². The molecule has 0 unspecified atom stereocenters. The summed E-state index contributed by atoms with van der Waals surface area (Å²) in [5, 5.41) is 3.07. The van der Waals surface area contributed by atoms with E-state index in [1.165, 1.54) is 24.1 Å². The second-order valence-corrected chi connectivity index (χ2v) is 6.47. The Labute approximate surface area is 165 Å². The van der Waals surface area contributed by atoms with Crippen LogP contribution in [0.5, 0.6) is 5.75 Å². The molecule has 7 nitrogen and oxygen atoms in total. The van der Waals surface area contributed by atoms with Gasteiger partial charge in [0.25, 0.3) is 0 Å². The van der Waals surface area contributed by atoms with Crippen LogP contribution in [-0.4, -0.2) is 22.2 Å². The van der Waals surface area contributed by atoms with E-state index in [0.29, 0.717) is 22.1 Å². The van der Waals surface area contributed by atoms with Crippen LogP contribution in [0.4, 0.5) is 5.69 Å². The molecule has 144 valence electrons. The van der Waals surface area contributed by atoms with E-state index in [4.69, 9.17) is 16.3 Å². The van der Waals surface area contributed by atoms with Crippen LogP contribution in [0.1, 0.15) is 5.56 Å². The van der Waals surface area contributed by atoms with Gasteiger partial charge in [-0.25, -0.2) is 0 Å². The summed E-state index contributed by atoms with van der Waals surface area (Å²) in [5.74, 6) is -0.0126. The molecule has 0 radical (unpaired) electrons. The average Bonchev–Trinajstić information content (AvgIpc) is 2.69. The summed E-state index contributed by atoms with van der Waals surface area (Å²) in [7, 11) is 1.48. The highest BCUT2D eigenvalue weighted by molar-refractivity contribution is 6.33. The summed E-state index contributed by atoms with van der Waals surface area (Å²) >= 11 is 6.10. The van der Waals surface area contributed by atoms with Gasteiger partial charge in [0.05, 0.1) is 23.5 Å². The van der Waals surface area contributed by atoms with Gasteiger partial charge in [-0.3, -0.25) is 23.5 Å². The second-order valence-electron chi connectivity index (χ2n) is 6.06. The summed E-state index contributed by atoms with van der Waals surface area (Å²) in [4.78, 5) is 37.3. The fourth-order valence-electron chi connectivity index (χ4n) is 2.78. The summed E-state index contributed by atoms with van der Waals surface area (Å²) in [6.45, 7) is 1.49. The molecule has 28 heavy (non-hydrogen) atoms. The van der Waals surface area contributed by atoms with Gasteiger partial charge in [-0.15, -0.1) is 0 Å². The van der Waals surface area contributed by atoms with Crippen LogP contribution >= 0.6 is 11.6 Å². The average molecular weight is 400 g/mol. The molecule has 1 heterocycles. The summed E-state index contributed by atoms with van der Waals surface area (Å²) in [6, 6.07) is 12.1. The Morgan fingerprint density at radius 1 is 1.07 bits per heavy atom. The fraction of sp³-hybridized carbons (Fsp3) is 0.150. The van der Waals surface area contributed by atoms with Gasteiger partial charge in [0.15, 0.2) is 0 Å². The van der Waals surface area contributed by atoms with Crippen LogP contribution < -0.4 is 21.2 Å². The first-order chi connectivity index (χ1) is 13.4. The van der Waals surface area contributed by atoms with Gasteiger partial charge >= 0.3 is 11.1 Å². The largest absolute Gasteiger partial charge is 0.495 e. The number of aryl methyl sites for hydroxylation is 1. The van der Waals surface area contributed by atoms with Crippen molar-refractivity contribution in [1.82, 2.24) is 9.13 Å². The number of para-hydroxylation sites is 3. The highest BCUT2D eigenvalue weighted by Crippen LogP contribution is 2.25. The maximum Gasteiger partial charge on any atom is 0.321 e. The molecule has 0 saturated heterocycles. The van der Waals surface area contributed by atoms with Crippen molar-refractivity contribution >= 4 is 23.2 Å². The van der Waals surface area contributed by atoms with Gasteiger partial charge in [0, 0.05) is 12.4 Å². The lowest BCUT2D eigenvalue weighted by Gasteiger charge is -2.13. The minimum atomic E-state index is -0.820. The Morgan fingerprint density at radius 2 is 1.82 bits per heavy atom. The molecule has 1 N–H and O–H groups in total. The van der Waals surface area contributed by atoms with E-state index < -0.39 is 17.0 Å². The number of amides is 1. The smallest absolute Gasteiger partial charge is 0.321 e. The molecule has 0 saturated carbocycles. The number of anilines is 1. The molecule has 3 aromatic rings. The maximum absolute atomic E-state index is 12.5. The number of halogens is 1. The molecular formula is C20H18ClN3O4. The molecule has 0 aliphatic rings. The van der Waals surface area contributed by atoms with Gasteiger partial charge in [-0.2, -0.15) is 0 Å². The van der Waals surface area contributed by atoms with Crippen molar-refractivity contribution in [3.63, 3.8) is 0 Å². The van der Waals surface area contributed by atoms with E-state index in [-0.39, 0.29) is 6.54 Å². The Hall–Kier alpha value is -3.32. The number of carbonyl (C=O) groups excluding carboxylic acids is 1. The first kappa shape index (κ1) is 19.4. The molecule has 2 aromatic carbocycles. The summed E-state index contributed by atoms with van der Waals surface area (Å²) in [5.41, 5.74) is 0.105. The Bertz CT molecular complexity index is 1130. The number of carbonyl (C=O) groups is 1. The summed E-state index contributed by atoms with van der Waals surface area (Å²) < 4.78 is 7.47. The monoisotopic (exact) mass is 399 g/mol. The van der Waals surface area contributed by atoms with Crippen LogP contribution in [-0.2, 0) is 11.3 Å². The first-order valence-electron chi connectivity index (χ1n) is 8.43. The first-order valence-corrected chi connectivity index (χ1v) is 8.80. The van der Waals surface area contributed by atoms with E-state index in [1.54, 1.807) is 36.4 Å². The van der Waals surface area contributed by atoms with Gasteiger partial charge in [0.2, 0.25) is 5.91 Å². The van der Waals surface area contributed by atoms with E-state index in [0.717, 1.165) is 10.1 Å². The third-order valence-electron chi connectivity index (χ3n) is 4.20. The third kappa shape index (κ3) is 3.84. The third-order valence-corrected chi connectivity index (χ3v) is 4.52. The van der Waals surface area contributed by atoms with Crippen LogP contribution in [0.25, 0.3) is 5.69 Å². The Balaban J connectivity index is 1.89. The van der Waals surface area contributed by atoms with Gasteiger partial charge in [-0.05, 0) is 30.7 Å². The zero-order valence-electron chi connectivity index (χ0n) is 15.3. The number of rotatable bonds is 5. The number of ether oxygens (including phenoxy) is 1. The lowest BCUT2D eigenvalue weighted by molar-refractivity contribution is -0.116. The number of hydrogen-bond acceptors (Lipinski definition) is 4. The van der Waals surface area contributed by atoms with Gasteiger partial charge in [-0.1, -0.05) is 35.9 Å². The molecule has 0 spiro atoms. The predicted octanol–water partition coefficient (Wildman–Crippen LogP) is 2.61. The molecule has 0 bridgehead atoms. The van der Waals surface area contributed by atoms with E-state index in [1.807, 2.05) is 13.0 Å². The number of aromatic nitrogens is 2. The van der Waals surface area contributed by atoms with Crippen molar-refractivity contribution in [3.05, 3.63) is 86.2 Å². The van der Waals surface area contributed by atoms with E-state index in [9.17, 15) is 14.4 Å². The van der Waals surface area contributed by atoms with Crippen molar-refractivity contribution in [2.45, 2.75) is 13.5 Å². The standard InChI is InChI=1S/C20H18ClN3O4/c1-13-6-5-7-14(21)18(13)22-17(25)12-23-10-11-24(20(27)19(23)26)15-8-3-4-9-16(15)28-2/h3-11H,12H2,1-2H3,(H,22,25). The lowest BCUT2D eigenvalue weighted by Crippen LogP contribution is -2.41. The highest BCUT2D eigenvalue weighted by Gasteiger charge is 2.14. The maximum atomic E-state index is 12.5. The highest BCUT2D eigenvalue weighted by atomic mass is 35.5. The van der Waals surface area contributed by atoms with E-state index >= 15 is 0 Å². The topological polar surface area (TPSA) is 82.3 Å². The number of benzene rings is 2. The molecule has 0 aliphatic carbocycles. The Kier molecular flexibility index (Phi) is 5.65. The number of nitrogens with one attached hydrogen (secondary N) is 1.